The number of halogens is 1. The van der Waals surface area contributed by atoms with Crippen LogP contribution in [-0.2, 0) is 9.53 Å². The molecule has 1 aromatic carbocycles. The van der Waals surface area contributed by atoms with Gasteiger partial charge in [-0.15, -0.1) is 0 Å². The summed E-state index contributed by atoms with van der Waals surface area (Å²) in [5.74, 6) is -2.88. The number of hydrogen-bond acceptors (Lipinski definition) is 4. The van der Waals surface area contributed by atoms with Crippen molar-refractivity contribution in [3.8, 4) is 0 Å². The van der Waals surface area contributed by atoms with Gasteiger partial charge in [-0.05, 0) is 25.2 Å². The van der Waals surface area contributed by atoms with Gasteiger partial charge in [0.1, 0.15) is 5.82 Å². The van der Waals surface area contributed by atoms with Gasteiger partial charge < -0.3 is 20.5 Å². The summed E-state index contributed by atoms with van der Waals surface area (Å²) in [4.78, 5) is 22.7. The van der Waals surface area contributed by atoms with Crippen molar-refractivity contribution in [2.45, 2.75) is 6.04 Å². The van der Waals surface area contributed by atoms with Gasteiger partial charge in [0.05, 0.1) is 24.7 Å². The zero-order valence-corrected chi connectivity index (χ0v) is 10.9. The first-order valence-corrected chi connectivity index (χ1v) is 6.11. The van der Waals surface area contributed by atoms with Crippen LogP contribution in [0.1, 0.15) is 10.4 Å². The highest BCUT2D eigenvalue weighted by Crippen LogP contribution is 2.19. The Morgan fingerprint density at radius 3 is 2.75 bits per heavy atom. The normalized spacial score (nSPS) is 21.7. The Morgan fingerprint density at radius 2 is 2.15 bits per heavy atom. The third-order valence-corrected chi connectivity index (χ3v) is 3.26. The third-order valence-electron chi connectivity index (χ3n) is 3.26. The summed E-state index contributed by atoms with van der Waals surface area (Å²) in [6, 6.07) is 3.38. The minimum Gasteiger partial charge on any atom is -0.478 e. The fourth-order valence-corrected chi connectivity index (χ4v) is 2.10. The number of carbonyl (C=O) groups excluding carboxylic acids is 1. The van der Waals surface area contributed by atoms with Crippen LogP contribution < -0.4 is 10.6 Å². The smallest absolute Gasteiger partial charge is 0.338 e. The lowest BCUT2D eigenvalue weighted by atomic mass is 10.0. The van der Waals surface area contributed by atoms with Crippen LogP contribution in [0.25, 0.3) is 0 Å². The third kappa shape index (κ3) is 2.94. The molecule has 108 valence electrons. The highest BCUT2D eigenvalue weighted by molar-refractivity contribution is 5.94. The molecule has 1 aromatic rings. The Hall–Kier alpha value is -1.99. The summed E-state index contributed by atoms with van der Waals surface area (Å²) < 4.78 is 18.7. The quantitative estimate of drug-likeness (QED) is 0.756. The molecule has 1 amide bonds. The number of carbonyl (C=O) groups is 2. The molecule has 1 fully saturated rings. The van der Waals surface area contributed by atoms with Gasteiger partial charge in [0, 0.05) is 11.7 Å². The zero-order valence-electron chi connectivity index (χ0n) is 10.9. The number of anilines is 1. The standard InChI is InChI=1S/C13H15FN2O4/c1-15-11-6-20-5-9(11)12(17)16-7-2-3-8(13(18)19)10(14)4-7/h2-4,9,11,15H,5-6H2,1H3,(H,16,17)(H,18,19). The topological polar surface area (TPSA) is 87.7 Å². The summed E-state index contributed by atoms with van der Waals surface area (Å²) in [5, 5.41) is 14.3. The summed E-state index contributed by atoms with van der Waals surface area (Å²) >= 11 is 0. The van der Waals surface area contributed by atoms with E-state index in [-0.39, 0.29) is 23.6 Å². The minimum absolute atomic E-state index is 0.0851. The maximum atomic E-state index is 13.5. The van der Waals surface area contributed by atoms with Crippen LogP contribution in [0.3, 0.4) is 0 Å². The molecule has 2 unspecified atom stereocenters. The molecule has 2 atom stereocenters. The van der Waals surface area contributed by atoms with Crippen molar-refractivity contribution in [2.24, 2.45) is 5.92 Å². The van der Waals surface area contributed by atoms with Crippen molar-refractivity contribution < 1.29 is 23.8 Å². The Bertz CT molecular complexity index is 535. The van der Waals surface area contributed by atoms with Crippen molar-refractivity contribution in [3.63, 3.8) is 0 Å². The molecule has 0 spiro atoms. The van der Waals surface area contributed by atoms with Crippen molar-refractivity contribution in [1.82, 2.24) is 5.32 Å². The van der Waals surface area contributed by atoms with E-state index in [2.05, 4.69) is 10.6 Å². The summed E-state index contributed by atoms with van der Waals surface area (Å²) in [6.07, 6.45) is 0. The van der Waals surface area contributed by atoms with E-state index in [0.717, 1.165) is 12.1 Å². The number of hydrogen-bond donors (Lipinski definition) is 3. The maximum absolute atomic E-state index is 13.5. The average molecular weight is 282 g/mol. The number of nitrogens with one attached hydrogen (secondary N) is 2. The molecular formula is C13H15FN2O4. The fourth-order valence-electron chi connectivity index (χ4n) is 2.10. The first kappa shape index (κ1) is 14.4. The lowest BCUT2D eigenvalue weighted by Crippen LogP contribution is -2.39. The second-order valence-corrected chi connectivity index (χ2v) is 4.53. The first-order valence-electron chi connectivity index (χ1n) is 6.11. The molecule has 3 N–H and O–H groups in total. The molecule has 20 heavy (non-hydrogen) atoms. The second kappa shape index (κ2) is 5.98. The van der Waals surface area contributed by atoms with Crippen molar-refractivity contribution in [3.05, 3.63) is 29.6 Å². The van der Waals surface area contributed by atoms with Gasteiger partial charge in [-0.3, -0.25) is 4.79 Å². The van der Waals surface area contributed by atoms with Crippen molar-refractivity contribution in [2.75, 3.05) is 25.6 Å². The zero-order chi connectivity index (χ0) is 14.7. The second-order valence-electron chi connectivity index (χ2n) is 4.53. The van der Waals surface area contributed by atoms with Gasteiger partial charge in [0.2, 0.25) is 5.91 Å². The number of amides is 1. The number of carboxylic acids is 1. The first-order chi connectivity index (χ1) is 9.52. The molecule has 1 aliphatic heterocycles. The van der Waals surface area contributed by atoms with Crippen LogP contribution in [0, 0.1) is 11.7 Å². The van der Waals surface area contributed by atoms with E-state index >= 15 is 0 Å². The van der Waals surface area contributed by atoms with Crippen molar-refractivity contribution in [1.29, 1.82) is 0 Å². The van der Waals surface area contributed by atoms with Gasteiger partial charge >= 0.3 is 5.97 Å². The Morgan fingerprint density at radius 1 is 1.40 bits per heavy atom. The largest absolute Gasteiger partial charge is 0.478 e. The molecule has 6 nitrogen and oxygen atoms in total. The molecule has 0 radical (unpaired) electrons. The van der Waals surface area contributed by atoms with Crippen LogP contribution in [0.15, 0.2) is 18.2 Å². The molecule has 0 aliphatic carbocycles. The fraction of sp³-hybridized carbons (Fsp3) is 0.385. The molecule has 0 saturated carbocycles. The number of rotatable bonds is 4. The Labute approximate surface area is 114 Å². The van der Waals surface area contributed by atoms with Gasteiger partial charge in [-0.1, -0.05) is 0 Å². The average Bonchev–Trinajstić information content (AvgIpc) is 2.86. The minimum atomic E-state index is -1.35. The predicted molar refractivity (Wildman–Crippen MR) is 69.1 cm³/mol. The van der Waals surface area contributed by atoms with E-state index in [1.807, 2.05) is 0 Å². The molecule has 0 bridgehead atoms. The summed E-state index contributed by atoms with van der Waals surface area (Å²) in [6.45, 7) is 0.744. The highest BCUT2D eigenvalue weighted by Gasteiger charge is 2.33. The lowest BCUT2D eigenvalue weighted by Gasteiger charge is -2.16. The molecule has 1 heterocycles. The summed E-state index contributed by atoms with van der Waals surface area (Å²) in [5.41, 5.74) is -0.209. The number of ether oxygens (including phenoxy) is 1. The van der Waals surface area contributed by atoms with Crippen molar-refractivity contribution >= 4 is 17.6 Å². The van der Waals surface area contributed by atoms with Gasteiger partial charge in [0.25, 0.3) is 0 Å². The Kier molecular flexibility index (Phi) is 4.31. The van der Waals surface area contributed by atoms with E-state index in [1.165, 1.54) is 6.07 Å². The van der Waals surface area contributed by atoms with Gasteiger partial charge in [-0.2, -0.15) is 0 Å². The molecule has 2 rings (SSSR count). The van der Waals surface area contributed by atoms with Crippen LogP contribution in [0.4, 0.5) is 10.1 Å². The van der Waals surface area contributed by atoms with E-state index in [4.69, 9.17) is 9.84 Å². The number of likely N-dealkylation sites (N-methyl/N-ethyl adjacent to an activating group) is 1. The van der Waals surface area contributed by atoms with Gasteiger partial charge in [0.15, 0.2) is 0 Å². The lowest BCUT2D eigenvalue weighted by molar-refractivity contribution is -0.120. The van der Waals surface area contributed by atoms with Crippen LogP contribution in [-0.4, -0.2) is 43.3 Å². The van der Waals surface area contributed by atoms with Gasteiger partial charge in [-0.25, -0.2) is 9.18 Å². The summed E-state index contributed by atoms with van der Waals surface area (Å²) in [7, 11) is 1.74. The number of carboxylic acid groups (broad SMARTS) is 1. The van der Waals surface area contributed by atoms with E-state index < -0.39 is 17.3 Å². The van der Waals surface area contributed by atoms with Crippen LogP contribution in [0.5, 0.6) is 0 Å². The monoisotopic (exact) mass is 282 g/mol. The Balaban J connectivity index is 2.08. The molecule has 7 heteroatoms. The maximum Gasteiger partial charge on any atom is 0.338 e. The van der Waals surface area contributed by atoms with E-state index in [1.54, 1.807) is 7.05 Å². The van der Waals surface area contributed by atoms with Crippen LogP contribution in [0.2, 0.25) is 0 Å². The molecule has 1 aliphatic rings. The predicted octanol–water partition coefficient (Wildman–Crippen LogP) is 0.697. The SMILES string of the molecule is CNC1COCC1C(=O)Nc1ccc(C(=O)O)c(F)c1. The van der Waals surface area contributed by atoms with E-state index in [0.29, 0.717) is 13.2 Å². The number of aromatic carboxylic acids is 1. The number of benzene rings is 1. The van der Waals surface area contributed by atoms with E-state index in [9.17, 15) is 14.0 Å². The molecular weight excluding hydrogens is 267 g/mol. The molecule has 1 saturated heterocycles. The highest BCUT2D eigenvalue weighted by atomic mass is 19.1. The van der Waals surface area contributed by atoms with Crippen LogP contribution >= 0.6 is 0 Å². The molecule has 0 aromatic heterocycles.